The Labute approximate surface area is 138 Å². The van der Waals surface area contributed by atoms with Gasteiger partial charge in [0, 0.05) is 35.5 Å². The molecule has 1 aliphatic heterocycles. The lowest BCUT2D eigenvalue weighted by molar-refractivity contribution is 0.104. The molecule has 0 saturated heterocycles. The van der Waals surface area contributed by atoms with Crippen LogP contribution in [0.1, 0.15) is 42.3 Å². The van der Waals surface area contributed by atoms with Crippen LogP contribution in [0.15, 0.2) is 60.3 Å². The summed E-state index contributed by atoms with van der Waals surface area (Å²) >= 11 is 0. The summed E-state index contributed by atoms with van der Waals surface area (Å²) in [4.78, 5) is 14.8. The van der Waals surface area contributed by atoms with Crippen molar-refractivity contribution in [3.05, 3.63) is 77.0 Å². The van der Waals surface area contributed by atoms with Gasteiger partial charge in [-0.1, -0.05) is 63.2 Å². The molecule has 1 heterocycles. The molecule has 2 aromatic rings. The Morgan fingerprint density at radius 2 is 1.74 bits per heavy atom. The van der Waals surface area contributed by atoms with Crippen molar-refractivity contribution in [3.8, 4) is 0 Å². The van der Waals surface area contributed by atoms with E-state index in [0.29, 0.717) is 0 Å². The Morgan fingerprint density at radius 3 is 2.35 bits per heavy atom. The SMILES string of the molecule is CCc1ccc(C(=O)C=C2N(C)c3ccccc3C2(C)C)cc1. The molecule has 0 atom stereocenters. The maximum Gasteiger partial charge on any atom is 0.187 e. The molecular formula is C21H23NO. The zero-order valence-corrected chi connectivity index (χ0v) is 14.3. The quantitative estimate of drug-likeness (QED) is 0.603. The third-order valence-electron chi connectivity index (χ3n) is 4.85. The van der Waals surface area contributed by atoms with Gasteiger partial charge in [-0.2, -0.15) is 0 Å². The van der Waals surface area contributed by atoms with Gasteiger partial charge in [0.05, 0.1) is 0 Å². The molecule has 1 aliphatic rings. The lowest BCUT2D eigenvalue weighted by Gasteiger charge is -2.24. The van der Waals surface area contributed by atoms with E-state index in [-0.39, 0.29) is 11.2 Å². The van der Waals surface area contributed by atoms with Crippen molar-refractivity contribution in [1.29, 1.82) is 0 Å². The van der Waals surface area contributed by atoms with Gasteiger partial charge >= 0.3 is 0 Å². The first-order valence-corrected chi connectivity index (χ1v) is 8.14. The van der Waals surface area contributed by atoms with Gasteiger partial charge in [0.1, 0.15) is 0 Å². The van der Waals surface area contributed by atoms with Crippen LogP contribution in [-0.4, -0.2) is 12.8 Å². The summed E-state index contributed by atoms with van der Waals surface area (Å²) in [5.74, 6) is 0.0652. The van der Waals surface area contributed by atoms with Crippen LogP contribution in [0.2, 0.25) is 0 Å². The highest BCUT2D eigenvalue weighted by atomic mass is 16.1. The molecule has 0 spiro atoms. The van der Waals surface area contributed by atoms with E-state index in [9.17, 15) is 4.79 Å². The Bertz CT molecular complexity index is 769. The number of anilines is 1. The lowest BCUT2D eigenvalue weighted by Crippen LogP contribution is -2.24. The summed E-state index contributed by atoms with van der Waals surface area (Å²) < 4.78 is 0. The van der Waals surface area contributed by atoms with Crippen molar-refractivity contribution in [3.63, 3.8) is 0 Å². The van der Waals surface area contributed by atoms with Gasteiger partial charge < -0.3 is 4.90 Å². The van der Waals surface area contributed by atoms with Gasteiger partial charge in [0.2, 0.25) is 0 Å². The zero-order chi connectivity index (χ0) is 16.6. The number of nitrogens with zero attached hydrogens (tertiary/aromatic N) is 1. The predicted molar refractivity (Wildman–Crippen MR) is 96.1 cm³/mol. The fourth-order valence-electron chi connectivity index (χ4n) is 3.37. The van der Waals surface area contributed by atoms with Crippen molar-refractivity contribution in [2.75, 3.05) is 11.9 Å². The number of aryl methyl sites for hydroxylation is 1. The van der Waals surface area contributed by atoms with E-state index in [4.69, 9.17) is 0 Å². The fraction of sp³-hybridized carbons (Fsp3) is 0.286. The Morgan fingerprint density at radius 1 is 1.09 bits per heavy atom. The molecule has 0 saturated carbocycles. The van der Waals surface area contributed by atoms with E-state index >= 15 is 0 Å². The molecule has 0 bridgehead atoms. The molecule has 2 heteroatoms. The third kappa shape index (κ3) is 2.59. The van der Waals surface area contributed by atoms with Crippen molar-refractivity contribution in [2.24, 2.45) is 0 Å². The summed E-state index contributed by atoms with van der Waals surface area (Å²) in [6.45, 7) is 6.47. The van der Waals surface area contributed by atoms with E-state index < -0.39 is 0 Å². The number of rotatable bonds is 3. The smallest absolute Gasteiger partial charge is 0.187 e. The number of likely N-dealkylation sites (N-methyl/N-ethyl adjacent to an activating group) is 1. The molecular weight excluding hydrogens is 282 g/mol. The van der Waals surface area contributed by atoms with Crippen LogP contribution in [0.25, 0.3) is 0 Å². The Hall–Kier alpha value is -2.35. The molecule has 0 N–H and O–H groups in total. The van der Waals surface area contributed by atoms with Crippen LogP contribution in [0, 0.1) is 0 Å². The van der Waals surface area contributed by atoms with E-state index in [0.717, 1.165) is 17.7 Å². The summed E-state index contributed by atoms with van der Waals surface area (Å²) in [6, 6.07) is 16.3. The van der Waals surface area contributed by atoms with Crippen molar-refractivity contribution < 1.29 is 4.79 Å². The molecule has 3 rings (SSSR count). The Kier molecular flexibility index (Phi) is 3.85. The lowest BCUT2D eigenvalue weighted by atomic mass is 9.83. The van der Waals surface area contributed by atoms with Gasteiger partial charge in [0.25, 0.3) is 0 Å². The van der Waals surface area contributed by atoms with Crippen molar-refractivity contribution >= 4 is 11.5 Å². The van der Waals surface area contributed by atoms with E-state index in [1.807, 2.05) is 37.4 Å². The first-order chi connectivity index (χ1) is 10.9. The van der Waals surface area contributed by atoms with Crippen LogP contribution < -0.4 is 4.90 Å². The number of allylic oxidation sites excluding steroid dienone is 2. The molecule has 2 nitrogen and oxygen atoms in total. The molecule has 23 heavy (non-hydrogen) atoms. The van der Waals surface area contributed by atoms with Gasteiger partial charge in [-0.25, -0.2) is 0 Å². The second-order valence-electron chi connectivity index (χ2n) is 6.65. The summed E-state index contributed by atoms with van der Waals surface area (Å²) in [5, 5.41) is 0. The van der Waals surface area contributed by atoms with Crippen LogP contribution >= 0.6 is 0 Å². The van der Waals surface area contributed by atoms with Crippen LogP contribution in [0.5, 0.6) is 0 Å². The number of para-hydroxylation sites is 1. The predicted octanol–water partition coefficient (Wildman–Crippen LogP) is 4.74. The standard InChI is InChI=1S/C21H23NO/c1-5-15-10-12-16(13-11-15)19(23)14-20-21(2,3)17-8-6-7-9-18(17)22(20)4/h6-14H,5H2,1-4H3. The molecule has 0 unspecified atom stereocenters. The number of carbonyl (C=O) groups is 1. The van der Waals surface area contributed by atoms with Crippen molar-refractivity contribution in [2.45, 2.75) is 32.6 Å². The molecule has 0 amide bonds. The minimum atomic E-state index is -0.162. The molecule has 0 aliphatic carbocycles. The summed E-state index contributed by atoms with van der Waals surface area (Å²) in [7, 11) is 2.03. The first-order valence-electron chi connectivity index (χ1n) is 8.14. The van der Waals surface area contributed by atoms with Crippen LogP contribution in [0.3, 0.4) is 0 Å². The highest BCUT2D eigenvalue weighted by Crippen LogP contribution is 2.46. The molecule has 118 valence electrons. The van der Waals surface area contributed by atoms with Gasteiger partial charge in [0.15, 0.2) is 5.78 Å². The van der Waals surface area contributed by atoms with E-state index in [2.05, 4.69) is 43.9 Å². The van der Waals surface area contributed by atoms with Gasteiger partial charge in [-0.05, 0) is 23.6 Å². The monoisotopic (exact) mass is 305 g/mol. The number of fused-ring (bicyclic) bond motifs is 1. The summed E-state index contributed by atoms with van der Waals surface area (Å²) in [5.41, 5.74) is 5.32. The third-order valence-corrected chi connectivity index (χ3v) is 4.85. The minimum Gasteiger partial charge on any atom is -0.347 e. The molecule has 0 radical (unpaired) electrons. The maximum atomic E-state index is 12.7. The normalized spacial score (nSPS) is 17.4. The van der Waals surface area contributed by atoms with Crippen LogP contribution in [0.4, 0.5) is 5.69 Å². The second-order valence-corrected chi connectivity index (χ2v) is 6.65. The average molecular weight is 305 g/mol. The fourth-order valence-corrected chi connectivity index (χ4v) is 3.37. The number of ketones is 1. The Balaban J connectivity index is 1.97. The topological polar surface area (TPSA) is 20.3 Å². The molecule has 2 aromatic carbocycles. The summed E-state index contributed by atoms with van der Waals surface area (Å²) in [6.07, 6.45) is 2.78. The molecule has 0 fully saturated rings. The van der Waals surface area contributed by atoms with Gasteiger partial charge in [-0.3, -0.25) is 4.79 Å². The first kappa shape index (κ1) is 15.5. The maximum absolute atomic E-state index is 12.7. The average Bonchev–Trinajstić information content (AvgIpc) is 2.76. The molecule has 0 aromatic heterocycles. The zero-order valence-electron chi connectivity index (χ0n) is 14.3. The highest BCUT2D eigenvalue weighted by Gasteiger charge is 2.38. The van der Waals surface area contributed by atoms with Gasteiger partial charge in [-0.15, -0.1) is 0 Å². The van der Waals surface area contributed by atoms with Crippen LogP contribution in [-0.2, 0) is 11.8 Å². The van der Waals surface area contributed by atoms with E-state index in [1.54, 1.807) is 6.08 Å². The number of hydrogen-bond donors (Lipinski definition) is 0. The number of benzene rings is 2. The van der Waals surface area contributed by atoms with E-state index in [1.165, 1.54) is 16.8 Å². The van der Waals surface area contributed by atoms with Crippen molar-refractivity contribution in [1.82, 2.24) is 0 Å². The second kappa shape index (κ2) is 5.69. The highest BCUT2D eigenvalue weighted by molar-refractivity contribution is 6.05. The number of hydrogen-bond acceptors (Lipinski definition) is 2. The minimum absolute atomic E-state index is 0.0652. The number of carbonyl (C=O) groups excluding carboxylic acids is 1. The largest absolute Gasteiger partial charge is 0.347 e.